The minimum Gasteiger partial charge on any atom is -0.310 e. The molecule has 1 aromatic heterocycles. The van der Waals surface area contributed by atoms with Crippen LogP contribution >= 0.6 is 0 Å². The van der Waals surface area contributed by atoms with E-state index in [1.165, 1.54) is 274 Å². The molecule has 0 N–H and O–H groups in total. The minimum atomic E-state index is -0.263. The van der Waals surface area contributed by atoms with E-state index >= 15 is 0 Å². The van der Waals surface area contributed by atoms with Crippen molar-refractivity contribution in [1.82, 2.24) is 4.57 Å². The Kier molecular flexibility index (Phi) is 20.6. The predicted octanol–water partition coefficient (Wildman–Crippen LogP) is 31.0. The number of unbranched alkanes of at least 4 members (excludes halogenated alkanes) is 18. The molecule has 0 amide bonds. The SMILES string of the molecule is CCCCCCCCCCCCC1(CCCCCCCCCCCC)c2cc(C)ccc2-c2ccc(-c3ccc4c(c3)C(C)(C)c3cc(N(c5ccc(-c6ccc7c8ccccc8n(-c8cccc(-c9cccc(-c%10ccccc%10)c9)c8)c7c6)cc5)c5ccc6c(c5)C(C)(C)c5cc(C)ccc5-6)ccc3-4)cc21. The lowest BCUT2D eigenvalue weighted by atomic mass is 9.70. The lowest BCUT2D eigenvalue weighted by Gasteiger charge is -2.33. The van der Waals surface area contributed by atoms with Crippen molar-refractivity contribution >= 4 is 38.9 Å². The fourth-order valence-corrected chi connectivity index (χ4v) is 19.3. The first-order valence-electron chi connectivity index (χ1n) is 41.3. The molecule has 0 saturated heterocycles. The van der Waals surface area contributed by atoms with Crippen molar-refractivity contribution in [1.29, 1.82) is 0 Å². The second-order valence-corrected chi connectivity index (χ2v) is 33.2. The van der Waals surface area contributed by atoms with Crippen LogP contribution in [0.5, 0.6) is 0 Å². The average Bonchev–Trinajstić information content (AvgIpc) is 1.57. The number of aryl methyl sites for hydroxylation is 2. The quantitative estimate of drug-likeness (QED) is 0.0407. The van der Waals surface area contributed by atoms with E-state index in [4.69, 9.17) is 0 Å². The van der Waals surface area contributed by atoms with Gasteiger partial charge in [0.1, 0.15) is 0 Å². The molecule has 0 bridgehead atoms. The van der Waals surface area contributed by atoms with Crippen LogP contribution in [-0.4, -0.2) is 4.57 Å². The van der Waals surface area contributed by atoms with Crippen LogP contribution in [0.15, 0.2) is 255 Å². The smallest absolute Gasteiger partial charge is 0.0547 e. The molecule has 0 radical (unpaired) electrons. The van der Waals surface area contributed by atoms with Gasteiger partial charge in [0.2, 0.25) is 0 Å². The van der Waals surface area contributed by atoms with Crippen molar-refractivity contribution < 1.29 is 0 Å². The van der Waals surface area contributed by atoms with E-state index in [-0.39, 0.29) is 16.2 Å². The summed E-state index contributed by atoms with van der Waals surface area (Å²) in [4.78, 5) is 2.53. The number of aromatic nitrogens is 1. The summed E-state index contributed by atoms with van der Waals surface area (Å²) in [6.45, 7) is 19.0. The van der Waals surface area contributed by atoms with Crippen LogP contribution < -0.4 is 4.90 Å². The Hall–Kier alpha value is -9.76. The van der Waals surface area contributed by atoms with Gasteiger partial charge in [-0.05, 0) is 217 Å². The molecule has 0 fully saturated rings. The van der Waals surface area contributed by atoms with Crippen molar-refractivity contribution in [3.8, 4) is 83.6 Å². The summed E-state index contributed by atoms with van der Waals surface area (Å²) in [6.07, 6.45) is 29.7. The zero-order valence-electron chi connectivity index (χ0n) is 65.2. The molecule has 0 unspecified atom stereocenters. The molecule has 3 aliphatic carbocycles. The fraction of sp³-hybridized carbons (Fsp3) is 0.314. The maximum Gasteiger partial charge on any atom is 0.0547 e. The second-order valence-electron chi connectivity index (χ2n) is 33.2. The third-order valence-corrected chi connectivity index (χ3v) is 25.3. The lowest BCUT2D eigenvalue weighted by Crippen LogP contribution is -2.25. The number of rotatable bonds is 30. The van der Waals surface area contributed by atoms with Crippen LogP contribution in [-0.2, 0) is 16.2 Å². The molecule has 3 aliphatic rings. The van der Waals surface area contributed by atoms with Crippen molar-refractivity contribution in [3.63, 3.8) is 0 Å². The van der Waals surface area contributed by atoms with Gasteiger partial charge in [-0.25, -0.2) is 0 Å². The van der Waals surface area contributed by atoms with Crippen LogP contribution in [0.3, 0.4) is 0 Å². The zero-order chi connectivity index (χ0) is 73.2. The van der Waals surface area contributed by atoms with Gasteiger partial charge in [-0.15, -0.1) is 0 Å². The Bertz CT molecular complexity index is 5340. The molecular formula is C105H110N2. The average molecular weight is 1400 g/mol. The topological polar surface area (TPSA) is 8.17 Å². The standard InChI is InChI=1S/C105H110N2/c1-9-11-13-15-17-19-21-23-25-32-62-105(63-33-26-24-22-20-18-16-14-12-10-2)99-65-74(4)45-56-91(99)92-58-49-81(69-100(92)105)80-48-57-88-90-61-54-86(72-98(90)104(7,8)96(88)68-80)106(85-53-60-89-87-55-44-73(3)64-95(87)103(5,6)97(89)71-85)83-51-46-76(47-52-83)82-50-59-94-93-42-30-31-43-101(93)107(102(94)70-82)84-41-35-40-79(67-84)78-39-34-38-77(66-78)75-36-28-27-29-37-75/h27-31,34-61,64-72H,9-26,32-33,62-63H2,1-8H3. The maximum atomic E-state index is 2.68. The number of fused-ring (bicyclic) bond motifs is 12. The van der Waals surface area contributed by atoms with Crippen molar-refractivity contribution in [3.05, 3.63) is 299 Å². The molecule has 16 rings (SSSR count). The van der Waals surface area contributed by atoms with Gasteiger partial charge in [-0.1, -0.05) is 357 Å². The third kappa shape index (κ3) is 13.9. The summed E-state index contributed by atoms with van der Waals surface area (Å²) in [5, 5.41) is 2.49. The summed E-state index contributed by atoms with van der Waals surface area (Å²) in [7, 11) is 0. The van der Waals surface area contributed by atoms with Crippen LogP contribution in [0, 0.1) is 13.8 Å². The second kappa shape index (κ2) is 30.8. The van der Waals surface area contributed by atoms with E-state index in [9.17, 15) is 0 Å². The molecule has 2 heteroatoms. The summed E-state index contributed by atoms with van der Waals surface area (Å²) >= 11 is 0. The highest BCUT2D eigenvalue weighted by molar-refractivity contribution is 6.10. The summed E-state index contributed by atoms with van der Waals surface area (Å²) in [5.41, 5.74) is 36.2. The normalized spacial score (nSPS) is 13.9. The third-order valence-electron chi connectivity index (χ3n) is 25.3. The van der Waals surface area contributed by atoms with Crippen LogP contribution in [0.4, 0.5) is 17.1 Å². The summed E-state index contributed by atoms with van der Waals surface area (Å²) < 4.78 is 2.47. The Morgan fingerprint density at radius 1 is 0.262 bits per heavy atom. The van der Waals surface area contributed by atoms with E-state index in [0.717, 1.165) is 22.7 Å². The summed E-state index contributed by atoms with van der Waals surface area (Å²) in [5.74, 6) is 0. The molecule has 13 aromatic rings. The van der Waals surface area contributed by atoms with Gasteiger partial charge < -0.3 is 9.47 Å². The minimum absolute atomic E-state index is 0.0162. The van der Waals surface area contributed by atoms with E-state index in [2.05, 4.69) is 320 Å². The Morgan fingerprint density at radius 2 is 0.626 bits per heavy atom. The highest BCUT2D eigenvalue weighted by Gasteiger charge is 2.44. The highest BCUT2D eigenvalue weighted by Crippen LogP contribution is 2.58. The summed E-state index contributed by atoms with van der Waals surface area (Å²) in [6, 6.07) is 98.4. The van der Waals surface area contributed by atoms with Crippen molar-refractivity contribution in [2.45, 2.75) is 213 Å². The van der Waals surface area contributed by atoms with Crippen LogP contribution in [0.25, 0.3) is 105 Å². The largest absolute Gasteiger partial charge is 0.310 e. The molecule has 12 aromatic carbocycles. The lowest BCUT2D eigenvalue weighted by molar-refractivity contribution is 0.397. The first-order valence-corrected chi connectivity index (χ1v) is 41.3. The predicted molar refractivity (Wildman–Crippen MR) is 461 cm³/mol. The van der Waals surface area contributed by atoms with E-state index in [0.29, 0.717) is 0 Å². The van der Waals surface area contributed by atoms with Crippen molar-refractivity contribution in [2.24, 2.45) is 0 Å². The van der Waals surface area contributed by atoms with Gasteiger partial charge in [-0.2, -0.15) is 0 Å². The zero-order valence-corrected chi connectivity index (χ0v) is 65.2. The number of nitrogens with zero attached hydrogens (tertiary/aromatic N) is 2. The molecule has 0 atom stereocenters. The highest BCUT2D eigenvalue weighted by atomic mass is 15.1. The van der Waals surface area contributed by atoms with Crippen LogP contribution in [0.2, 0.25) is 0 Å². The molecular weight excluding hydrogens is 1290 g/mol. The molecule has 2 nitrogen and oxygen atoms in total. The Morgan fingerprint density at radius 3 is 1.20 bits per heavy atom. The molecule has 540 valence electrons. The van der Waals surface area contributed by atoms with E-state index in [1.807, 2.05) is 0 Å². The number of hydrogen-bond donors (Lipinski definition) is 0. The number of benzene rings is 12. The Balaban J connectivity index is 0.725. The van der Waals surface area contributed by atoms with Crippen LogP contribution in [0.1, 0.15) is 227 Å². The van der Waals surface area contributed by atoms with Gasteiger partial charge in [0, 0.05) is 49.8 Å². The molecule has 107 heavy (non-hydrogen) atoms. The molecule has 0 saturated carbocycles. The van der Waals surface area contributed by atoms with Gasteiger partial charge in [0.15, 0.2) is 0 Å². The first kappa shape index (κ1) is 71.5. The van der Waals surface area contributed by atoms with E-state index in [1.54, 1.807) is 11.1 Å². The Labute approximate surface area is 640 Å². The van der Waals surface area contributed by atoms with Gasteiger partial charge >= 0.3 is 0 Å². The van der Waals surface area contributed by atoms with E-state index < -0.39 is 0 Å². The monoisotopic (exact) mass is 1400 g/mol. The van der Waals surface area contributed by atoms with Gasteiger partial charge in [-0.3, -0.25) is 0 Å². The first-order chi connectivity index (χ1) is 52.3. The fourth-order valence-electron chi connectivity index (χ4n) is 19.3. The molecule has 0 aliphatic heterocycles. The van der Waals surface area contributed by atoms with Gasteiger partial charge in [0.25, 0.3) is 0 Å². The van der Waals surface area contributed by atoms with Gasteiger partial charge in [0.05, 0.1) is 11.0 Å². The number of anilines is 3. The molecule has 1 heterocycles. The molecule has 0 spiro atoms. The van der Waals surface area contributed by atoms with Crippen molar-refractivity contribution in [2.75, 3.05) is 4.90 Å². The maximum absolute atomic E-state index is 2.68. The number of hydrogen-bond acceptors (Lipinski definition) is 1. The number of para-hydroxylation sites is 1.